The summed E-state index contributed by atoms with van der Waals surface area (Å²) in [5.74, 6) is -1.21. The number of aliphatic carboxylic acids is 1. The van der Waals surface area contributed by atoms with Gasteiger partial charge in [-0.3, -0.25) is 4.79 Å². The predicted octanol–water partition coefficient (Wildman–Crippen LogP) is -0.0311. The van der Waals surface area contributed by atoms with Gasteiger partial charge < -0.3 is 21.1 Å². The molecule has 14 heavy (non-hydrogen) atoms. The lowest BCUT2D eigenvalue weighted by molar-refractivity contribution is -0.138. The number of aliphatic hydroxyl groups is 1. The number of hydrogen-bond donors (Lipinski definition) is 4. The maximum Gasteiger partial charge on any atom is 0.325 e. The molecule has 0 bridgehead atoms. The van der Waals surface area contributed by atoms with Crippen LogP contribution in [0.4, 0.5) is 0 Å². The van der Waals surface area contributed by atoms with Gasteiger partial charge >= 0.3 is 5.97 Å². The third-order valence-electron chi connectivity index (χ3n) is 1.90. The van der Waals surface area contributed by atoms with Gasteiger partial charge in [0.15, 0.2) is 0 Å². The fraction of sp³-hybridized carbons (Fsp3) is 0.222. The summed E-state index contributed by atoms with van der Waals surface area (Å²) >= 11 is 0. The van der Waals surface area contributed by atoms with Gasteiger partial charge in [0.1, 0.15) is 11.8 Å². The first kappa shape index (κ1) is 10.5. The molecule has 0 spiro atoms. The molecule has 0 aliphatic heterocycles. The molecule has 0 saturated carbocycles. The van der Waals surface area contributed by atoms with Crippen LogP contribution in [-0.4, -0.2) is 21.3 Å². The summed E-state index contributed by atoms with van der Waals surface area (Å²) in [6.45, 7) is -0.356. The second-order valence-corrected chi connectivity index (χ2v) is 2.86. The van der Waals surface area contributed by atoms with Gasteiger partial charge in [0.2, 0.25) is 0 Å². The van der Waals surface area contributed by atoms with Crippen LogP contribution in [0.3, 0.4) is 0 Å². The first-order valence-corrected chi connectivity index (χ1v) is 3.97. The normalized spacial score (nSPS) is 12.4. The highest BCUT2D eigenvalue weighted by Gasteiger charge is 2.17. The first-order chi connectivity index (χ1) is 6.56. The minimum Gasteiger partial charge on any atom is -0.508 e. The largest absolute Gasteiger partial charge is 0.508 e. The van der Waals surface area contributed by atoms with E-state index in [-0.39, 0.29) is 12.4 Å². The van der Waals surface area contributed by atoms with Crippen molar-refractivity contribution in [3.63, 3.8) is 0 Å². The molecule has 0 fully saturated rings. The molecule has 1 aromatic carbocycles. The fourth-order valence-corrected chi connectivity index (χ4v) is 1.17. The highest BCUT2D eigenvalue weighted by atomic mass is 16.4. The van der Waals surface area contributed by atoms with Gasteiger partial charge in [-0.25, -0.2) is 0 Å². The van der Waals surface area contributed by atoms with Crippen molar-refractivity contribution >= 4 is 5.97 Å². The quantitative estimate of drug-likeness (QED) is 0.544. The van der Waals surface area contributed by atoms with Crippen molar-refractivity contribution in [1.82, 2.24) is 0 Å². The number of benzene rings is 1. The summed E-state index contributed by atoms with van der Waals surface area (Å²) in [6, 6.07) is 2.83. The summed E-state index contributed by atoms with van der Waals surface area (Å²) in [5, 5.41) is 26.7. The van der Waals surface area contributed by atoms with Crippen LogP contribution in [-0.2, 0) is 11.4 Å². The Hall–Kier alpha value is -1.59. The molecule has 0 aliphatic carbocycles. The van der Waals surface area contributed by atoms with Gasteiger partial charge in [0, 0.05) is 0 Å². The lowest BCUT2D eigenvalue weighted by atomic mass is 10.0. The first-order valence-electron chi connectivity index (χ1n) is 3.97. The Kier molecular flexibility index (Phi) is 3.06. The zero-order valence-electron chi connectivity index (χ0n) is 7.34. The van der Waals surface area contributed by atoms with Crippen LogP contribution in [0.15, 0.2) is 18.2 Å². The van der Waals surface area contributed by atoms with Crippen LogP contribution in [0.25, 0.3) is 0 Å². The van der Waals surface area contributed by atoms with E-state index in [1.807, 2.05) is 0 Å². The molecule has 0 aromatic heterocycles. The number of aliphatic hydroxyl groups excluding tert-OH is 1. The van der Waals surface area contributed by atoms with Crippen molar-refractivity contribution in [2.75, 3.05) is 0 Å². The molecule has 0 saturated heterocycles. The van der Waals surface area contributed by atoms with E-state index >= 15 is 0 Å². The molecular weight excluding hydrogens is 186 g/mol. The zero-order valence-corrected chi connectivity index (χ0v) is 7.34. The fourth-order valence-electron chi connectivity index (χ4n) is 1.17. The zero-order chi connectivity index (χ0) is 10.7. The Morgan fingerprint density at radius 3 is 2.64 bits per heavy atom. The van der Waals surface area contributed by atoms with Crippen LogP contribution in [0.2, 0.25) is 0 Å². The van der Waals surface area contributed by atoms with Gasteiger partial charge in [0.25, 0.3) is 0 Å². The molecule has 0 radical (unpaired) electrons. The summed E-state index contributed by atoms with van der Waals surface area (Å²) < 4.78 is 0. The Bertz CT molecular complexity index is 351. The highest BCUT2D eigenvalue weighted by molar-refractivity contribution is 5.75. The Balaban J connectivity index is 3.13. The molecule has 1 rings (SSSR count). The molecule has 5 nitrogen and oxygen atoms in total. The SMILES string of the molecule is N[C@H](C(=O)O)c1ccc(O)cc1CO. The van der Waals surface area contributed by atoms with E-state index in [4.69, 9.17) is 21.1 Å². The van der Waals surface area contributed by atoms with Gasteiger partial charge in [0.05, 0.1) is 6.61 Å². The Morgan fingerprint density at radius 1 is 1.50 bits per heavy atom. The number of rotatable bonds is 3. The van der Waals surface area contributed by atoms with Crippen LogP contribution in [0.5, 0.6) is 5.75 Å². The van der Waals surface area contributed by atoms with E-state index < -0.39 is 12.0 Å². The third kappa shape index (κ3) is 2.01. The molecular formula is C9H11NO4. The lowest BCUT2D eigenvalue weighted by Crippen LogP contribution is -2.22. The van der Waals surface area contributed by atoms with Crippen LogP contribution in [0.1, 0.15) is 17.2 Å². The Morgan fingerprint density at radius 2 is 2.14 bits per heavy atom. The number of carbonyl (C=O) groups is 1. The van der Waals surface area contributed by atoms with E-state index in [0.717, 1.165) is 0 Å². The number of phenols is 1. The van der Waals surface area contributed by atoms with Crippen molar-refractivity contribution in [1.29, 1.82) is 0 Å². The average Bonchev–Trinajstić information content (AvgIpc) is 2.16. The number of phenolic OH excluding ortho intramolecular Hbond substituents is 1. The van der Waals surface area contributed by atoms with E-state index in [0.29, 0.717) is 11.1 Å². The summed E-state index contributed by atoms with van der Waals surface area (Å²) in [4.78, 5) is 10.6. The molecule has 1 atom stereocenters. The Labute approximate surface area is 80.4 Å². The molecule has 0 amide bonds. The molecule has 0 unspecified atom stereocenters. The molecule has 5 heteroatoms. The minimum absolute atomic E-state index is 0.0320. The molecule has 5 N–H and O–H groups in total. The summed E-state index contributed by atoms with van der Waals surface area (Å²) in [5.41, 5.74) is 5.99. The number of hydrogen-bond acceptors (Lipinski definition) is 4. The van der Waals surface area contributed by atoms with Crippen molar-refractivity contribution < 1.29 is 20.1 Å². The monoisotopic (exact) mass is 197 g/mol. The maximum absolute atomic E-state index is 10.6. The summed E-state index contributed by atoms with van der Waals surface area (Å²) in [7, 11) is 0. The average molecular weight is 197 g/mol. The lowest BCUT2D eigenvalue weighted by Gasteiger charge is -2.11. The van der Waals surface area contributed by atoms with E-state index in [9.17, 15) is 4.79 Å². The van der Waals surface area contributed by atoms with Gasteiger partial charge in [-0.15, -0.1) is 0 Å². The standard InChI is InChI=1S/C9H11NO4/c10-8(9(13)14)7-2-1-6(12)3-5(7)4-11/h1-3,8,11-12H,4,10H2,(H,13,14)/t8-/m0/s1. The number of nitrogens with two attached hydrogens (primary N) is 1. The van der Waals surface area contributed by atoms with Crippen molar-refractivity contribution in [3.05, 3.63) is 29.3 Å². The topological polar surface area (TPSA) is 104 Å². The number of carboxylic acid groups (broad SMARTS) is 1. The molecule has 0 heterocycles. The van der Waals surface area contributed by atoms with Crippen LogP contribution in [0, 0.1) is 0 Å². The van der Waals surface area contributed by atoms with Crippen LogP contribution >= 0.6 is 0 Å². The summed E-state index contributed by atoms with van der Waals surface area (Å²) in [6.07, 6.45) is 0. The van der Waals surface area contributed by atoms with Crippen molar-refractivity contribution in [2.24, 2.45) is 5.73 Å². The van der Waals surface area contributed by atoms with Crippen molar-refractivity contribution in [3.8, 4) is 5.75 Å². The van der Waals surface area contributed by atoms with Crippen molar-refractivity contribution in [2.45, 2.75) is 12.6 Å². The minimum atomic E-state index is -1.18. The molecule has 0 aliphatic rings. The van der Waals surface area contributed by atoms with E-state index in [1.54, 1.807) is 0 Å². The van der Waals surface area contributed by atoms with E-state index in [1.165, 1.54) is 18.2 Å². The maximum atomic E-state index is 10.6. The smallest absolute Gasteiger partial charge is 0.325 e. The van der Waals surface area contributed by atoms with E-state index in [2.05, 4.69) is 0 Å². The molecule has 1 aromatic rings. The predicted molar refractivity (Wildman–Crippen MR) is 48.6 cm³/mol. The van der Waals surface area contributed by atoms with Crippen LogP contribution < -0.4 is 5.73 Å². The second-order valence-electron chi connectivity index (χ2n) is 2.86. The van der Waals surface area contributed by atoms with Gasteiger partial charge in [-0.2, -0.15) is 0 Å². The second kappa shape index (κ2) is 4.08. The highest BCUT2D eigenvalue weighted by Crippen LogP contribution is 2.21. The molecule has 76 valence electrons. The number of aromatic hydroxyl groups is 1. The van der Waals surface area contributed by atoms with Gasteiger partial charge in [-0.1, -0.05) is 6.07 Å². The third-order valence-corrected chi connectivity index (χ3v) is 1.90. The van der Waals surface area contributed by atoms with Gasteiger partial charge in [-0.05, 0) is 23.3 Å². The number of carboxylic acids is 1.